The molecule has 0 spiro atoms. The van der Waals surface area contributed by atoms with Crippen LogP contribution in [-0.2, 0) is 4.79 Å². The van der Waals surface area contributed by atoms with E-state index in [1.165, 1.54) is 0 Å². The van der Waals surface area contributed by atoms with Gasteiger partial charge < -0.3 is 9.80 Å². The SMILES string of the molecule is CN(C)CC(=O)CCC1CCN(c2ccnc3nccnc23)CC1. The molecule has 6 heteroatoms. The second kappa shape index (κ2) is 7.66. The highest BCUT2D eigenvalue weighted by atomic mass is 16.1. The fourth-order valence-corrected chi connectivity index (χ4v) is 3.38. The number of aromatic nitrogens is 3. The summed E-state index contributed by atoms with van der Waals surface area (Å²) in [5, 5.41) is 0. The van der Waals surface area contributed by atoms with E-state index in [1.54, 1.807) is 18.6 Å². The Bertz CT molecular complexity index is 689. The number of anilines is 1. The van der Waals surface area contributed by atoms with E-state index < -0.39 is 0 Å². The molecule has 0 unspecified atom stereocenters. The van der Waals surface area contributed by atoms with E-state index in [9.17, 15) is 4.79 Å². The van der Waals surface area contributed by atoms with E-state index in [2.05, 4.69) is 19.9 Å². The zero-order chi connectivity index (χ0) is 16.9. The zero-order valence-corrected chi connectivity index (χ0v) is 14.5. The van der Waals surface area contributed by atoms with Crippen LogP contribution >= 0.6 is 0 Å². The number of ketones is 1. The second-order valence-corrected chi connectivity index (χ2v) is 6.80. The number of pyridine rings is 1. The van der Waals surface area contributed by atoms with Crippen LogP contribution in [0.1, 0.15) is 25.7 Å². The third-order valence-electron chi connectivity index (χ3n) is 4.63. The fourth-order valence-electron chi connectivity index (χ4n) is 3.38. The Morgan fingerprint density at radius 3 is 2.62 bits per heavy atom. The maximum absolute atomic E-state index is 11.9. The lowest BCUT2D eigenvalue weighted by atomic mass is 9.91. The number of rotatable bonds is 6. The van der Waals surface area contributed by atoms with E-state index in [-0.39, 0.29) is 0 Å². The standard InChI is InChI=1S/C18H25N5O/c1-22(2)13-15(24)4-3-14-6-11-23(12-7-14)16-5-8-20-18-17(16)19-9-10-21-18/h5,8-10,14H,3-4,6-7,11-13H2,1-2H3. The molecule has 1 aliphatic rings. The molecule has 0 aliphatic carbocycles. The van der Waals surface area contributed by atoms with Gasteiger partial charge in [-0.2, -0.15) is 0 Å². The molecule has 0 aromatic carbocycles. The van der Waals surface area contributed by atoms with Crippen molar-refractivity contribution in [2.45, 2.75) is 25.7 Å². The first kappa shape index (κ1) is 16.8. The molecular formula is C18H25N5O. The normalized spacial score (nSPS) is 16.0. The minimum atomic E-state index is 0.345. The summed E-state index contributed by atoms with van der Waals surface area (Å²) in [6, 6.07) is 2.03. The molecular weight excluding hydrogens is 302 g/mol. The van der Waals surface area contributed by atoms with Crippen LogP contribution in [0, 0.1) is 5.92 Å². The van der Waals surface area contributed by atoms with Crippen molar-refractivity contribution < 1.29 is 4.79 Å². The second-order valence-electron chi connectivity index (χ2n) is 6.80. The molecule has 1 saturated heterocycles. The predicted molar refractivity (Wildman–Crippen MR) is 95.1 cm³/mol. The molecule has 6 nitrogen and oxygen atoms in total. The molecule has 2 aromatic rings. The molecule has 0 saturated carbocycles. The van der Waals surface area contributed by atoms with Crippen molar-refractivity contribution >= 4 is 22.6 Å². The lowest BCUT2D eigenvalue weighted by Crippen LogP contribution is -2.34. The number of carbonyl (C=O) groups excluding carboxylic acids is 1. The van der Waals surface area contributed by atoms with Gasteiger partial charge in [-0.1, -0.05) is 0 Å². The van der Waals surface area contributed by atoms with Crippen LogP contribution < -0.4 is 4.90 Å². The third kappa shape index (κ3) is 4.06. The minimum absolute atomic E-state index is 0.345. The number of piperidine rings is 1. The maximum atomic E-state index is 11.9. The molecule has 3 heterocycles. The van der Waals surface area contributed by atoms with Crippen molar-refractivity contribution in [2.24, 2.45) is 5.92 Å². The summed E-state index contributed by atoms with van der Waals surface area (Å²) >= 11 is 0. The molecule has 0 N–H and O–H groups in total. The van der Waals surface area contributed by atoms with Gasteiger partial charge in [0, 0.05) is 38.1 Å². The van der Waals surface area contributed by atoms with Crippen LogP contribution in [0.25, 0.3) is 11.2 Å². The molecule has 0 bridgehead atoms. The van der Waals surface area contributed by atoms with Gasteiger partial charge in [0.1, 0.15) is 11.3 Å². The Labute approximate surface area is 142 Å². The average molecular weight is 327 g/mol. The van der Waals surface area contributed by atoms with Gasteiger partial charge >= 0.3 is 0 Å². The highest BCUT2D eigenvalue weighted by Crippen LogP contribution is 2.29. The number of hydrogen-bond donors (Lipinski definition) is 0. The Balaban J connectivity index is 1.56. The van der Waals surface area contributed by atoms with Gasteiger partial charge in [0.15, 0.2) is 5.65 Å². The summed E-state index contributed by atoms with van der Waals surface area (Å²) in [7, 11) is 3.89. The number of hydrogen-bond acceptors (Lipinski definition) is 6. The Kier molecular flexibility index (Phi) is 5.35. The monoisotopic (exact) mass is 327 g/mol. The van der Waals surface area contributed by atoms with Crippen molar-refractivity contribution in [1.82, 2.24) is 19.9 Å². The van der Waals surface area contributed by atoms with Gasteiger partial charge in [-0.15, -0.1) is 0 Å². The molecule has 1 aliphatic heterocycles. The van der Waals surface area contributed by atoms with Crippen molar-refractivity contribution in [3.8, 4) is 0 Å². The smallest absolute Gasteiger partial charge is 0.180 e. The van der Waals surface area contributed by atoms with E-state index >= 15 is 0 Å². The third-order valence-corrected chi connectivity index (χ3v) is 4.63. The quantitative estimate of drug-likeness (QED) is 0.810. The summed E-state index contributed by atoms with van der Waals surface area (Å²) in [5.41, 5.74) is 2.70. The summed E-state index contributed by atoms with van der Waals surface area (Å²) < 4.78 is 0. The molecule has 0 amide bonds. The summed E-state index contributed by atoms with van der Waals surface area (Å²) in [5.74, 6) is 0.990. The van der Waals surface area contributed by atoms with E-state index in [0.717, 1.165) is 43.6 Å². The fraction of sp³-hybridized carbons (Fsp3) is 0.556. The van der Waals surface area contributed by atoms with Crippen molar-refractivity contribution in [3.05, 3.63) is 24.7 Å². The number of Topliss-reactive ketones (excluding diaryl/α,β-unsaturated/α-hetero) is 1. The van der Waals surface area contributed by atoms with E-state index in [0.29, 0.717) is 30.3 Å². The van der Waals surface area contributed by atoms with Gasteiger partial charge in [0.05, 0.1) is 12.2 Å². The summed E-state index contributed by atoms with van der Waals surface area (Å²) in [6.07, 6.45) is 9.16. The predicted octanol–water partition coefficient (Wildman–Crippen LogP) is 2.15. The van der Waals surface area contributed by atoms with Crippen LogP contribution in [-0.4, -0.2) is 59.4 Å². The van der Waals surface area contributed by atoms with E-state index in [4.69, 9.17) is 0 Å². The molecule has 1 fully saturated rings. The number of nitrogens with zero attached hydrogens (tertiary/aromatic N) is 5. The minimum Gasteiger partial charge on any atom is -0.370 e. The molecule has 128 valence electrons. The first-order valence-corrected chi connectivity index (χ1v) is 8.60. The number of carbonyl (C=O) groups is 1. The molecule has 0 radical (unpaired) electrons. The first-order valence-electron chi connectivity index (χ1n) is 8.60. The highest BCUT2D eigenvalue weighted by Gasteiger charge is 2.22. The van der Waals surface area contributed by atoms with E-state index in [1.807, 2.05) is 25.1 Å². The van der Waals surface area contributed by atoms with Crippen molar-refractivity contribution in [3.63, 3.8) is 0 Å². The van der Waals surface area contributed by atoms with Gasteiger partial charge in [-0.05, 0) is 45.3 Å². The Morgan fingerprint density at radius 2 is 1.88 bits per heavy atom. The Morgan fingerprint density at radius 1 is 1.17 bits per heavy atom. The topological polar surface area (TPSA) is 62.2 Å². The molecule has 0 atom stereocenters. The van der Waals surface area contributed by atoms with Crippen molar-refractivity contribution in [2.75, 3.05) is 38.6 Å². The van der Waals surface area contributed by atoms with Crippen LogP contribution in [0.4, 0.5) is 5.69 Å². The number of likely N-dealkylation sites (N-methyl/N-ethyl adjacent to an activating group) is 1. The van der Waals surface area contributed by atoms with Gasteiger partial charge in [0.2, 0.25) is 0 Å². The lowest BCUT2D eigenvalue weighted by Gasteiger charge is -2.33. The first-order chi connectivity index (χ1) is 11.6. The molecule has 2 aromatic heterocycles. The van der Waals surface area contributed by atoms with Gasteiger partial charge in [-0.25, -0.2) is 15.0 Å². The summed E-state index contributed by atoms with van der Waals surface area (Å²) in [6.45, 7) is 2.56. The largest absolute Gasteiger partial charge is 0.370 e. The Hall–Kier alpha value is -2.08. The molecule has 24 heavy (non-hydrogen) atoms. The average Bonchev–Trinajstić information content (AvgIpc) is 2.59. The van der Waals surface area contributed by atoms with Crippen LogP contribution in [0.15, 0.2) is 24.7 Å². The lowest BCUT2D eigenvalue weighted by molar-refractivity contribution is -0.120. The van der Waals surface area contributed by atoms with Gasteiger partial charge in [-0.3, -0.25) is 4.79 Å². The highest BCUT2D eigenvalue weighted by molar-refractivity contribution is 5.85. The van der Waals surface area contributed by atoms with Crippen LogP contribution in [0.2, 0.25) is 0 Å². The summed E-state index contributed by atoms with van der Waals surface area (Å²) in [4.78, 5) is 29.2. The number of fused-ring (bicyclic) bond motifs is 1. The zero-order valence-electron chi connectivity index (χ0n) is 14.5. The molecule has 3 rings (SSSR count). The van der Waals surface area contributed by atoms with Crippen molar-refractivity contribution in [1.29, 1.82) is 0 Å². The van der Waals surface area contributed by atoms with Gasteiger partial charge in [0.25, 0.3) is 0 Å². The van der Waals surface area contributed by atoms with Crippen LogP contribution in [0.3, 0.4) is 0 Å². The maximum Gasteiger partial charge on any atom is 0.180 e. The van der Waals surface area contributed by atoms with Crippen LogP contribution in [0.5, 0.6) is 0 Å².